The van der Waals surface area contributed by atoms with Crippen molar-refractivity contribution in [3.8, 4) is 5.75 Å². The minimum absolute atomic E-state index is 0.0733. The van der Waals surface area contributed by atoms with Crippen LogP contribution in [-0.4, -0.2) is 30.0 Å². The van der Waals surface area contributed by atoms with Crippen molar-refractivity contribution < 1.29 is 24.0 Å². The number of carbonyl (C=O) groups excluding carboxylic acids is 2. The number of amides is 1. The Hall–Kier alpha value is -2.94. The number of nitro groups is 1. The lowest BCUT2D eigenvalue weighted by atomic mass is 10.2. The molecular weight excluding hydrogens is 360 g/mol. The summed E-state index contributed by atoms with van der Waals surface area (Å²) in [6.07, 6.45) is 0. The number of hydrogen-bond donors (Lipinski definition) is 1. The molecule has 1 aromatic carbocycles. The van der Waals surface area contributed by atoms with Gasteiger partial charge in [-0.3, -0.25) is 14.9 Å². The van der Waals surface area contributed by atoms with Gasteiger partial charge in [0.05, 0.1) is 22.1 Å². The van der Waals surface area contributed by atoms with Gasteiger partial charge in [-0.15, -0.1) is 11.3 Å². The first-order valence-electron chi connectivity index (χ1n) is 7.77. The second-order valence-corrected chi connectivity index (χ2v) is 6.39. The zero-order valence-electron chi connectivity index (χ0n) is 14.5. The summed E-state index contributed by atoms with van der Waals surface area (Å²) in [6, 6.07) is 6.09. The van der Waals surface area contributed by atoms with Crippen molar-refractivity contribution in [2.24, 2.45) is 0 Å². The highest BCUT2D eigenvalue weighted by molar-refractivity contribution is 7.18. The molecule has 0 atom stereocenters. The fourth-order valence-corrected chi connectivity index (χ4v) is 3.20. The second-order valence-electron chi connectivity index (χ2n) is 5.34. The van der Waals surface area contributed by atoms with Gasteiger partial charge >= 0.3 is 5.97 Å². The van der Waals surface area contributed by atoms with Crippen LogP contribution in [0.15, 0.2) is 24.3 Å². The lowest BCUT2D eigenvalue weighted by Gasteiger charge is -2.09. The van der Waals surface area contributed by atoms with Crippen molar-refractivity contribution in [1.29, 1.82) is 0 Å². The molecule has 9 heteroatoms. The van der Waals surface area contributed by atoms with Gasteiger partial charge in [-0.25, -0.2) is 4.79 Å². The van der Waals surface area contributed by atoms with Gasteiger partial charge in [-0.1, -0.05) is 6.07 Å². The van der Waals surface area contributed by atoms with E-state index >= 15 is 0 Å². The van der Waals surface area contributed by atoms with Gasteiger partial charge in [0.15, 0.2) is 6.61 Å². The minimum Gasteiger partial charge on any atom is -0.483 e. The minimum atomic E-state index is -0.506. The van der Waals surface area contributed by atoms with Crippen LogP contribution in [0.4, 0.5) is 10.7 Å². The quantitative estimate of drug-likeness (QED) is 0.449. The monoisotopic (exact) mass is 378 g/mol. The molecule has 1 aromatic heterocycles. The van der Waals surface area contributed by atoms with Gasteiger partial charge in [0, 0.05) is 6.07 Å². The Labute approximate surface area is 153 Å². The lowest BCUT2D eigenvalue weighted by Crippen LogP contribution is -2.19. The number of benzene rings is 1. The molecule has 138 valence electrons. The molecule has 1 heterocycles. The molecule has 26 heavy (non-hydrogen) atoms. The number of aryl methyl sites for hydroxylation is 1. The van der Waals surface area contributed by atoms with Crippen LogP contribution in [0.1, 0.15) is 27.7 Å². The first-order chi connectivity index (χ1) is 12.3. The van der Waals surface area contributed by atoms with Crippen molar-refractivity contribution in [1.82, 2.24) is 0 Å². The first-order valence-corrected chi connectivity index (χ1v) is 8.59. The van der Waals surface area contributed by atoms with E-state index < -0.39 is 16.8 Å². The summed E-state index contributed by atoms with van der Waals surface area (Å²) in [7, 11) is 0. The largest absolute Gasteiger partial charge is 0.483 e. The van der Waals surface area contributed by atoms with E-state index in [0.29, 0.717) is 21.0 Å². The molecule has 1 amide bonds. The molecule has 8 nitrogen and oxygen atoms in total. The van der Waals surface area contributed by atoms with Gasteiger partial charge in [0.2, 0.25) is 0 Å². The standard InChI is InChI=1S/C17H18N2O6S/c1-4-24-17(21)16-10(2)8-15(26-16)18-14(20)9-25-13-7-5-6-12(11(13)3)19(22)23/h5-8H,4,9H2,1-3H3,(H,18,20). The Bertz CT molecular complexity index is 846. The fraction of sp³-hybridized carbons (Fsp3) is 0.294. The van der Waals surface area contributed by atoms with Crippen LogP contribution in [0.2, 0.25) is 0 Å². The van der Waals surface area contributed by atoms with Crippen molar-refractivity contribution in [3.63, 3.8) is 0 Å². The summed E-state index contributed by atoms with van der Waals surface area (Å²) < 4.78 is 10.3. The Morgan fingerprint density at radius 2 is 2.04 bits per heavy atom. The van der Waals surface area contributed by atoms with Crippen LogP contribution in [-0.2, 0) is 9.53 Å². The van der Waals surface area contributed by atoms with E-state index in [0.717, 1.165) is 11.3 Å². The van der Waals surface area contributed by atoms with Crippen LogP contribution in [0.3, 0.4) is 0 Å². The van der Waals surface area contributed by atoms with E-state index in [-0.39, 0.29) is 24.7 Å². The SMILES string of the molecule is CCOC(=O)c1sc(NC(=O)COc2cccc([N+](=O)[O-])c2C)cc1C. The van der Waals surface area contributed by atoms with Crippen LogP contribution < -0.4 is 10.1 Å². The summed E-state index contributed by atoms with van der Waals surface area (Å²) >= 11 is 1.12. The molecule has 0 aliphatic carbocycles. The predicted molar refractivity (Wildman–Crippen MR) is 97.0 cm³/mol. The first kappa shape index (κ1) is 19.4. The highest BCUT2D eigenvalue weighted by Crippen LogP contribution is 2.28. The normalized spacial score (nSPS) is 10.3. The summed E-state index contributed by atoms with van der Waals surface area (Å²) in [5, 5.41) is 14.1. The Morgan fingerprint density at radius 1 is 1.31 bits per heavy atom. The average molecular weight is 378 g/mol. The van der Waals surface area contributed by atoms with Gasteiger partial charge < -0.3 is 14.8 Å². The number of anilines is 1. The highest BCUT2D eigenvalue weighted by Gasteiger charge is 2.17. The van der Waals surface area contributed by atoms with Crippen molar-refractivity contribution in [3.05, 3.63) is 50.4 Å². The third-order valence-corrected chi connectivity index (χ3v) is 4.58. The average Bonchev–Trinajstić information content (AvgIpc) is 2.94. The molecule has 0 saturated carbocycles. The Balaban J connectivity index is 2.00. The van der Waals surface area contributed by atoms with Gasteiger partial charge in [0.1, 0.15) is 10.6 Å². The summed E-state index contributed by atoms with van der Waals surface area (Å²) in [5.74, 6) is -0.601. The van der Waals surface area contributed by atoms with E-state index in [1.54, 1.807) is 32.9 Å². The molecule has 0 spiro atoms. The number of hydrogen-bond acceptors (Lipinski definition) is 7. The number of nitrogens with one attached hydrogen (secondary N) is 1. The zero-order valence-corrected chi connectivity index (χ0v) is 15.3. The van der Waals surface area contributed by atoms with Crippen LogP contribution in [0, 0.1) is 24.0 Å². The number of ether oxygens (including phenoxy) is 2. The smallest absolute Gasteiger partial charge is 0.348 e. The van der Waals surface area contributed by atoms with Crippen molar-refractivity contribution in [2.75, 3.05) is 18.5 Å². The maximum absolute atomic E-state index is 12.1. The third-order valence-electron chi connectivity index (χ3n) is 3.45. The fourth-order valence-electron chi connectivity index (χ4n) is 2.22. The molecule has 0 bridgehead atoms. The number of nitro benzene ring substituents is 1. The van der Waals surface area contributed by atoms with E-state index in [1.165, 1.54) is 12.1 Å². The maximum atomic E-state index is 12.1. The number of nitrogens with zero attached hydrogens (tertiary/aromatic N) is 1. The highest BCUT2D eigenvalue weighted by atomic mass is 32.1. The van der Waals surface area contributed by atoms with Crippen molar-refractivity contribution >= 4 is 33.9 Å². The Morgan fingerprint density at radius 3 is 2.69 bits per heavy atom. The van der Waals surface area contributed by atoms with Gasteiger partial charge in [0.25, 0.3) is 11.6 Å². The van der Waals surface area contributed by atoms with Gasteiger partial charge in [-0.2, -0.15) is 0 Å². The van der Waals surface area contributed by atoms with Crippen LogP contribution >= 0.6 is 11.3 Å². The second kappa shape index (κ2) is 8.43. The molecule has 0 saturated heterocycles. The lowest BCUT2D eigenvalue weighted by molar-refractivity contribution is -0.385. The Kier molecular flexibility index (Phi) is 6.29. The predicted octanol–water partition coefficient (Wildman–Crippen LogP) is 3.47. The molecule has 0 radical (unpaired) electrons. The molecule has 2 aromatic rings. The molecule has 2 rings (SSSR count). The van der Waals surface area contributed by atoms with E-state index in [1.807, 2.05) is 0 Å². The van der Waals surface area contributed by atoms with Crippen LogP contribution in [0.25, 0.3) is 0 Å². The summed E-state index contributed by atoms with van der Waals surface area (Å²) in [5.41, 5.74) is 0.983. The maximum Gasteiger partial charge on any atom is 0.348 e. The number of rotatable bonds is 7. The topological polar surface area (TPSA) is 108 Å². The number of carbonyl (C=O) groups is 2. The van der Waals surface area contributed by atoms with Crippen molar-refractivity contribution in [2.45, 2.75) is 20.8 Å². The molecule has 0 unspecified atom stereocenters. The molecule has 0 fully saturated rings. The van der Waals surface area contributed by atoms with E-state index in [2.05, 4.69) is 5.32 Å². The molecular formula is C17H18N2O6S. The summed E-state index contributed by atoms with van der Waals surface area (Å²) in [4.78, 5) is 34.7. The van der Waals surface area contributed by atoms with E-state index in [4.69, 9.17) is 9.47 Å². The number of esters is 1. The summed E-state index contributed by atoms with van der Waals surface area (Å²) in [6.45, 7) is 4.99. The van der Waals surface area contributed by atoms with Gasteiger partial charge in [-0.05, 0) is 38.5 Å². The molecule has 0 aliphatic heterocycles. The zero-order chi connectivity index (χ0) is 19.3. The third kappa shape index (κ3) is 4.57. The molecule has 0 aliphatic rings. The van der Waals surface area contributed by atoms with Crippen LogP contribution in [0.5, 0.6) is 5.75 Å². The number of thiophene rings is 1. The van der Waals surface area contributed by atoms with E-state index in [9.17, 15) is 19.7 Å². The molecule has 1 N–H and O–H groups in total.